The number of methoxy groups -OCH3 is 1. The van der Waals surface area contributed by atoms with Gasteiger partial charge in [-0.05, 0) is 31.5 Å². The van der Waals surface area contributed by atoms with E-state index >= 15 is 0 Å². The van der Waals surface area contributed by atoms with E-state index in [9.17, 15) is 0 Å². The number of benzene rings is 1. The first-order valence-corrected chi connectivity index (χ1v) is 7.20. The third kappa shape index (κ3) is 2.50. The molecule has 0 bridgehead atoms. The number of nitrogens with zero attached hydrogens (tertiary/aromatic N) is 2. The lowest BCUT2D eigenvalue weighted by Gasteiger charge is -2.45. The number of anilines is 2. The van der Waals surface area contributed by atoms with Gasteiger partial charge in [-0.15, -0.1) is 0 Å². The Kier molecular flexibility index (Phi) is 3.51. The lowest BCUT2D eigenvalue weighted by atomic mass is 9.99. The van der Waals surface area contributed by atoms with Crippen molar-refractivity contribution in [3.05, 3.63) is 18.2 Å². The predicted molar refractivity (Wildman–Crippen MR) is 78.8 cm³/mol. The first-order chi connectivity index (χ1) is 9.28. The zero-order valence-corrected chi connectivity index (χ0v) is 11.6. The molecule has 2 saturated heterocycles. The third-order valence-electron chi connectivity index (χ3n) is 4.42. The molecule has 1 unspecified atom stereocenters. The third-order valence-corrected chi connectivity index (χ3v) is 4.42. The number of hydrogen-bond acceptors (Lipinski definition) is 4. The maximum absolute atomic E-state index is 5.88. The monoisotopic (exact) mass is 261 g/mol. The number of ether oxygens (including phenoxy) is 1. The Hall–Kier alpha value is -1.42. The van der Waals surface area contributed by atoms with Crippen molar-refractivity contribution in [1.29, 1.82) is 0 Å². The van der Waals surface area contributed by atoms with Gasteiger partial charge >= 0.3 is 0 Å². The van der Waals surface area contributed by atoms with Gasteiger partial charge in [0.2, 0.25) is 0 Å². The molecule has 1 aromatic rings. The Morgan fingerprint density at radius 3 is 2.95 bits per heavy atom. The molecule has 0 spiro atoms. The first-order valence-electron chi connectivity index (χ1n) is 7.20. The molecule has 1 atom stereocenters. The van der Waals surface area contributed by atoms with Gasteiger partial charge in [0.25, 0.3) is 0 Å². The lowest BCUT2D eigenvalue weighted by molar-refractivity contribution is 0.133. The van der Waals surface area contributed by atoms with E-state index < -0.39 is 0 Å². The van der Waals surface area contributed by atoms with Crippen molar-refractivity contribution in [2.75, 3.05) is 43.9 Å². The van der Waals surface area contributed by atoms with Crippen LogP contribution in [0, 0.1) is 0 Å². The zero-order valence-electron chi connectivity index (χ0n) is 11.6. The molecule has 3 rings (SSSR count). The van der Waals surface area contributed by atoms with Gasteiger partial charge in [0, 0.05) is 37.4 Å². The van der Waals surface area contributed by atoms with Crippen molar-refractivity contribution in [2.24, 2.45) is 0 Å². The summed E-state index contributed by atoms with van der Waals surface area (Å²) in [5.41, 5.74) is 7.83. The fraction of sp³-hybridized carbons (Fsp3) is 0.600. The topological polar surface area (TPSA) is 41.7 Å². The molecule has 2 heterocycles. The van der Waals surface area contributed by atoms with E-state index in [1.807, 2.05) is 6.07 Å². The maximum Gasteiger partial charge on any atom is 0.143 e. The van der Waals surface area contributed by atoms with Crippen LogP contribution in [0.4, 0.5) is 11.4 Å². The van der Waals surface area contributed by atoms with Crippen molar-refractivity contribution < 1.29 is 4.74 Å². The van der Waals surface area contributed by atoms with E-state index in [0.29, 0.717) is 5.69 Å². The van der Waals surface area contributed by atoms with E-state index in [0.717, 1.165) is 24.9 Å². The van der Waals surface area contributed by atoms with Crippen molar-refractivity contribution in [2.45, 2.75) is 25.3 Å². The van der Waals surface area contributed by atoms with Crippen molar-refractivity contribution in [3.8, 4) is 5.75 Å². The summed E-state index contributed by atoms with van der Waals surface area (Å²) >= 11 is 0. The molecule has 2 fully saturated rings. The molecule has 19 heavy (non-hydrogen) atoms. The molecule has 4 heteroatoms. The molecule has 0 amide bonds. The number of nitrogens with two attached hydrogens (primary N) is 1. The predicted octanol–water partition coefficient (Wildman–Crippen LogP) is 1.95. The largest absolute Gasteiger partial charge is 0.495 e. The minimum absolute atomic E-state index is 0.711. The Morgan fingerprint density at radius 2 is 2.11 bits per heavy atom. The standard InChI is InChI=1S/C15H23N3O/c1-19-15-10-12(5-6-14(15)16)18-9-8-17-7-3-2-4-13(17)11-18/h5-6,10,13H,2-4,7-9,11,16H2,1H3. The number of fused-ring (bicyclic) bond motifs is 1. The smallest absolute Gasteiger partial charge is 0.143 e. The van der Waals surface area contributed by atoms with Crippen LogP contribution in [0.25, 0.3) is 0 Å². The Morgan fingerprint density at radius 1 is 1.21 bits per heavy atom. The number of rotatable bonds is 2. The summed E-state index contributed by atoms with van der Waals surface area (Å²) in [5, 5.41) is 0. The average molecular weight is 261 g/mol. The van der Waals surface area contributed by atoms with E-state index in [1.165, 1.54) is 38.0 Å². The molecule has 0 saturated carbocycles. The van der Waals surface area contributed by atoms with Gasteiger partial charge in [0.15, 0.2) is 0 Å². The van der Waals surface area contributed by atoms with Crippen molar-refractivity contribution >= 4 is 11.4 Å². The molecule has 0 aromatic heterocycles. The maximum atomic E-state index is 5.88. The molecule has 0 radical (unpaired) electrons. The molecular weight excluding hydrogens is 238 g/mol. The van der Waals surface area contributed by atoms with Crippen molar-refractivity contribution in [3.63, 3.8) is 0 Å². The van der Waals surface area contributed by atoms with Crippen LogP contribution in [0.1, 0.15) is 19.3 Å². The van der Waals surface area contributed by atoms with E-state index in [4.69, 9.17) is 10.5 Å². The van der Waals surface area contributed by atoms with Crippen LogP contribution in [0.15, 0.2) is 18.2 Å². The van der Waals surface area contributed by atoms with Gasteiger partial charge < -0.3 is 15.4 Å². The normalized spacial score (nSPS) is 24.1. The number of hydrogen-bond donors (Lipinski definition) is 1. The second kappa shape index (κ2) is 5.29. The van der Waals surface area contributed by atoms with E-state index in [1.54, 1.807) is 7.11 Å². The van der Waals surface area contributed by atoms with E-state index in [-0.39, 0.29) is 0 Å². The molecule has 2 aliphatic rings. The van der Waals surface area contributed by atoms with E-state index in [2.05, 4.69) is 21.9 Å². The summed E-state index contributed by atoms with van der Waals surface area (Å²) in [5.74, 6) is 0.781. The average Bonchev–Trinajstić information content (AvgIpc) is 2.47. The van der Waals surface area contributed by atoms with Gasteiger partial charge in [-0.3, -0.25) is 4.90 Å². The van der Waals surface area contributed by atoms with Crippen LogP contribution >= 0.6 is 0 Å². The van der Waals surface area contributed by atoms with Crippen LogP contribution in [-0.4, -0.2) is 44.2 Å². The molecule has 4 nitrogen and oxygen atoms in total. The highest BCUT2D eigenvalue weighted by Gasteiger charge is 2.29. The first kappa shape index (κ1) is 12.6. The summed E-state index contributed by atoms with van der Waals surface area (Å²) in [7, 11) is 1.68. The molecule has 104 valence electrons. The van der Waals surface area contributed by atoms with Gasteiger partial charge in [-0.1, -0.05) is 6.42 Å². The molecule has 1 aromatic carbocycles. The van der Waals surface area contributed by atoms with Crippen LogP contribution in [0.2, 0.25) is 0 Å². The van der Waals surface area contributed by atoms with Gasteiger partial charge in [-0.2, -0.15) is 0 Å². The highest BCUT2D eigenvalue weighted by Crippen LogP contribution is 2.30. The summed E-state index contributed by atoms with van der Waals surface area (Å²) in [6.07, 6.45) is 4.08. The van der Waals surface area contributed by atoms with Crippen LogP contribution in [0.3, 0.4) is 0 Å². The number of nitrogen functional groups attached to an aromatic ring is 1. The van der Waals surface area contributed by atoms with Crippen molar-refractivity contribution in [1.82, 2.24) is 4.90 Å². The number of piperazine rings is 1. The highest BCUT2D eigenvalue weighted by molar-refractivity contribution is 5.62. The summed E-state index contributed by atoms with van der Waals surface area (Å²) in [6.45, 7) is 4.69. The number of piperidine rings is 1. The SMILES string of the molecule is COc1cc(N2CCN3CCCCC3C2)ccc1N. The quantitative estimate of drug-likeness (QED) is 0.826. The second-order valence-electron chi connectivity index (χ2n) is 5.56. The lowest BCUT2D eigenvalue weighted by Crippen LogP contribution is -2.54. The summed E-state index contributed by atoms with van der Waals surface area (Å²) in [6, 6.07) is 6.84. The Bertz CT molecular complexity index is 449. The van der Waals surface area contributed by atoms with Crippen LogP contribution < -0.4 is 15.4 Å². The van der Waals surface area contributed by atoms with Gasteiger partial charge in [-0.25, -0.2) is 0 Å². The molecule has 2 aliphatic heterocycles. The fourth-order valence-corrected chi connectivity index (χ4v) is 3.29. The van der Waals surface area contributed by atoms with Crippen LogP contribution in [0.5, 0.6) is 5.75 Å². The molecule has 0 aliphatic carbocycles. The Balaban J connectivity index is 1.75. The van der Waals surface area contributed by atoms with Gasteiger partial charge in [0.05, 0.1) is 12.8 Å². The zero-order chi connectivity index (χ0) is 13.2. The second-order valence-corrected chi connectivity index (χ2v) is 5.56. The van der Waals surface area contributed by atoms with Crippen LogP contribution in [-0.2, 0) is 0 Å². The minimum Gasteiger partial charge on any atom is -0.495 e. The summed E-state index contributed by atoms with van der Waals surface area (Å²) in [4.78, 5) is 5.11. The minimum atomic E-state index is 0.711. The Labute approximate surface area is 115 Å². The highest BCUT2D eigenvalue weighted by atomic mass is 16.5. The molecular formula is C15H23N3O. The van der Waals surface area contributed by atoms with Gasteiger partial charge in [0.1, 0.15) is 5.75 Å². The summed E-state index contributed by atoms with van der Waals surface area (Å²) < 4.78 is 5.32. The molecule has 2 N–H and O–H groups in total. The fourth-order valence-electron chi connectivity index (χ4n) is 3.29.